The molecule has 0 spiro atoms. The highest BCUT2D eigenvalue weighted by molar-refractivity contribution is 7.80. The monoisotopic (exact) mass is 389 g/mol. The summed E-state index contributed by atoms with van der Waals surface area (Å²) in [4.78, 5) is 0. The first-order valence-electron chi connectivity index (χ1n) is 6.38. The molecule has 0 saturated heterocycles. The SMILES string of the molecule is Cc1cc(Cl)ccc1OC(=S)Nc1cc(B(O)O)c(Cl)cc1Cl. The first-order valence-corrected chi connectivity index (χ1v) is 7.92. The molecular weight excluding hydrogens is 379 g/mol. The maximum atomic E-state index is 9.28. The second-order valence-corrected chi connectivity index (χ2v) is 6.27. The summed E-state index contributed by atoms with van der Waals surface area (Å²) in [5, 5.41) is 22.4. The van der Waals surface area contributed by atoms with Crippen molar-refractivity contribution in [1.29, 1.82) is 0 Å². The fraction of sp³-hybridized carbons (Fsp3) is 0.0714. The van der Waals surface area contributed by atoms with Gasteiger partial charge in [-0.1, -0.05) is 34.8 Å². The predicted octanol–water partition coefficient (Wildman–Crippen LogP) is 3.41. The standard InChI is InChI=1S/C14H11BCl3NO3S/c1-7-4-8(16)2-3-13(7)22-14(23)19-12-5-9(15(20)21)10(17)6-11(12)18/h2-6,20-21H,1H3,(H,19,23). The second kappa shape index (κ2) is 7.70. The molecule has 0 aliphatic heterocycles. The van der Waals surface area contributed by atoms with E-state index >= 15 is 0 Å². The highest BCUT2D eigenvalue weighted by Gasteiger charge is 2.18. The Kier molecular flexibility index (Phi) is 6.14. The molecule has 2 rings (SSSR count). The summed E-state index contributed by atoms with van der Waals surface area (Å²) in [7, 11) is -1.73. The van der Waals surface area contributed by atoms with Crippen molar-refractivity contribution >= 4 is 70.5 Å². The maximum Gasteiger partial charge on any atom is 0.490 e. The Balaban J connectivity index is 2.18. The molecular formula is C14H11BCl3NO3S. The van der Waals surface area contributed by atoms with Crippen LogP contribution in [0.3, 0.4) is 0 Å². The Bertz CT molecular complexity index is 758. The molecule has 9 heteroatoms. The summed E-state index contributed by atoms with van der Waals surface area (Å²) < 4.78 is 5.53. The predicted molar refractivity (Wildman–Crippen MR) is 99.3 cm³/mol. The zero-order valence-electron chi connectivity index (χ0n) is 11.8. The van der Waals surface area contributed by atoms with E-state index in [9.17, 15) is 10.0 Å². The zero-order valence-corrected chi connectivity index (χ0v) is 14.9. The van der Waals surface area contributed by atoms with E-state index < -0.39 is 7.12 Å². The third kappa shape index (κ3) is 4.73. The minimum Gasteiger partial charge on any atom is -0.431 e. The van der Waals surface area contributed by atoms with Crippen LogP contribution in [0.4, 0.5) is 5.69 Å². The number of hydrogen-bond acceptors (Lipinski definition) is 4. The Morgan fingerprint density at radius 2 is 1.83 bits per heavy atom. The number of aryl methyl sites for hydroxylation is 1. The van der Waals surface area contributed by atoms with E-state index in [1.54, 1.807) is 18.2 Å². The van der Waals surface area contributed by atoms with Gasteiger partial charge >= 0.3 is 7.12 Å². The number of hydrogen-bond donors (Lipinski definition) is 3. The van der Waals surface area contributed by atoms with Crippen molar-refractivity contribution in [3.63, 3.8) is 0 Å². The molecule has 2 aromatic rings. The van der Waals surface area contributed by atoms with Crippen LogP contribution in [0.25, 0.3) is 0 Å². The van der Waals surface area contributed by atoms with Crippen LogP contribution in [0.1, 0.15) is 5.56 Å². The fourth-order valence-corrected chi connectivity index (χ4v) is 2.78. The lowest BCUT2D eigenvalue weighted by molar-refractivity contribution is 0.426. The Labute approximate surface area is 154 Å². The highest BCUT2D eigenvalue weighted by atomic mass is 35.5. The van der Waals surface area contributed by atoms with Gasteiger partial charge in [0, 0.05) is 15.5 Å². The van der Waals surface area contributed by atoms with Crippen LogP contribution in [-0.2, 0) is 0 Å². The minimum atomic E-state index is -1.73. The second-order valence-electron chi connectivity index (χ2n) is 4.65. The van der Waals surface area contributed by atoms with Crippen molar-refractivity contribution in [3.05, 3.63) is 51.0 Å². The lowest BCUT2D eigenvalue weighted by atomic mass is 9.80. The van der Waals surface area contributed by atoms with Crippen molar-refractivity contribution in [2.75, 3.05) is 5.32 Å². The lowest BCUT2D eigenvalue weighted by Gasteiger charge is -2.14. The third-order valence-corrected chi connectivity index (χ3v) is 4.00. The number of benzene rings is 2. The van der Waals surface area contributed by atoms with E-state index in [1.165, 1.54) is 12.1 Å². The number of halogens is 3. The number of rotatable bonds is 3. The number of nitrogens with one attached hydrogen (secondary N) is 1. The van der Waals surface area contributed by atoms with Crippen molar-refractivity contribution in [1.82, 2.24) is 0 Å². The summed E-state index contributed by atoms with van der Waals surface area (Å²) in [6, 6.07) is 7.89. The largest absolute Gasteiger partial charge is 0.490 e. The van der Waals surface area contributed by atoms with Gasteiger partial charge in [-0.15, -0.1) is 0 Å². The molecule has 0 heterocycles. The molecule has 3 N–H and O–H groups in total. The van der Waals surface area contributed by atoms with Crippen LogP contribution < -0.4 is 15.5 Å². The summed E-state index contributed by atoms with van der Waals surface area (Å²) in [6.07, 6.45) is 0. The van der Waals surface area contributed by atoms with Gasteiger partial charge in [-0.05, 0) is 55.0 Å². The average molecular weight is 390 g/mol. The molecule has 0 unspecified atom stereocenters. The molecule has 23 heavy (non-hydrogen) atoms. The van der Waals surface area contributed by atoms with Crippen LogP contribution >= 0.6 is 47.0 Å². The Hall–Kier alpha value is -1.02. The molecule has 0 radical (unpaired) electrons. The molecule has 0 amide bonds. The van der Waals surface area contributed by atoms with Gasteiger partial charge in [0.05, 0.1) is 10.7 Å². The molecule has 0 aliphatic carbocycles. The molecule has 0 aliphatic rings. The molecule has 0 saturated carbocycles. The molecule has 0 bridgehead atoms. The van der Waals surface area contributed by atoms with E-state index in [4.69, 9.17) is 51.8 Å². The van der Waals surface area contributed by atoms with Crippen molar-refractivity contribution in [2.24, 2.45) is 0 Å². The van der Waals surface area contributed by atoms with Gasteiger partial charge in [0.15, 0.2) is 0 Å². The molecule has 4 nitrogen and oxygen atoms in total. The van der Waals surface area contributed by atoms with Crippen molar-refractivity contribution in [2.45, 2.75) is 6.92 Å². The van der Waals surface area contributed by atoms with Gasteiger partial charge in [-0.25, -0.2) is 0 Å². The van der Waals surface area contributed by atoms with Gasteiger partial charge in [-0.2, -0.15) is 0 Å². The number of ether oxygens (including phenoxy) is 1. The normalized spacial score (nSPS) is 10.3. The van der Waals surface area contributed by atoms with E-state index in [2.05, 4.69) is 5.32 Å². The molecule has 120 valence electrons. The topological polar surface area (TPSA) is 61.7 Å². The summed E-state index contributed by atoms with van der Waals surface area (Å²) in [5.41, 5.74) is 1.26. The van der Waals surface area contributed by atoms with E-state index in [0.29, 0.717) is 16.5 Å². The van der Waals surface area contributed by atoms with Gasteiger partial charge in [-0.3, -0.25) is 0 Å². The smallest absolute Gasteiger partial charge is 0.431 e. The number of anilines is 1. The van der Waals surface area contributed by atoms with E-state index in [1.807, 2.05) is 6.92 Å². The molecule has 0 atom stereocenters. The zero-order chi connectivity index (χ0) is 17.1. The summed E-state index contributed by atoms with van der Waals surface area (Å²) in [5.74, 6) is 0.541. The van der Waals surface area contributed by atoms with Crippen LogP contribution in [0.5, 0.6) is 5.75 Å². The Morgan fingerprint density at radius 1 is 1.13 bits per heavy atom. The number of thiocarbonyl (C=S) groups is 1. The van der Waals surface area contributed by atoms with Crippen LogP contribution in [0.15, 0.2) is 30.3 Å². The summed E-state index contributed by atoms with van der Waals surface area (Å²) in [6.45, 7) is 1.83. The quantitative estimate of drug-likeness (QED) is 0.554. The van der Waals surface area contributed by atoms with Crippen molar-refractivity contribution in [3.8, 4) is 5.75 Å². The first-order chi connectivity index (χ1) is 10.8. The molecule has 0 fully saturated rings. The molecule has 0 aromatic heterocycles. The van der Waals surface area contributed by atoms with Crippen LogP contribution in [-0.4, -0.2) is 22.3 Å². The third-order valence-electron chi connectivity index (χ3n) is 2.94. The van der Waals surface area contributed by atoms with Gasteiger partial charge in [0.2, 0.25) is 0 Å². The van der Waals surface area contributed by atoms with Crippen LogP contribution in [0.2, 0.25) is 15.1 Å². The van der Waals surface area contributed by atoms with E-state index in [-0.39, 0.29) is 20.7 Å². The van der Waals surface area contributed by atoms with Crippen molar-refractivity contribution < 1.29 is 14.8 Å². The van der Waals surface area contributed by atoms with Gasteiger partial charge in [0.25, 0.3) is 5.17 Å². The highest BCUT2D eigenvalue weighted by Crippen LogP contribution is 2.26. The maximum absolute atomic E-state index is 9.28. The molecule has 2 aromatic carbocycles. The minimum absolute atomic E-state index is 0.0398. The Morgan fingerprint density at radius 3 is 2.43 bits per heavy atom. The summed E-state index contributed by atoms with van der Waals surface area (Å²) >= 11 is 23.0. The van der Waals surface area contributed by atoms with Crippen LogP contribution in [0, 0.1) is 6.92 Å². The average Bonchev–Trinajstić information content (AvgIpc) is 2.44. The van der Waals surface area contributed by atoms with E-state index in [0.717, 1.165) is 5.56 Å². The van der Waals surface area contributed by atoms with Gasteiger partial charge in [0.1, 0.15) is 5.75 Å². The van der Waals surface area contributed by atoms with Gasteiger partial charge < -0.3 is 20.1 Å². The lowest BCUT2D eigenvalue weighted by Crippen LogP contribution is -2.31. The fourth-order valence-electron chi connectivity index (χ4n) is 1.82. The first kappa shape index (κ1) is 18.3.